The molecule has 1 heterocycles. The summed E-state index contributed by atoms with van der Waals surface area (Å²) >= 11 is 9.42. The second-order valence-corrected chi connectivity index (χ2v) is 5.65. The van der Waals surface area contributed by atoms with Crippen LogP contribution in [0.3, 0.4) is 0 Å². The third-order valence-corrected chi connectivity index (χ3v) is 3.85. The van der Waals surface area contributed by atoms with E-state index in [0.717, 1.165) is 22.6 Å². The first-order valence-electron chi connectivity index (χ1n) is 5.80. The third-order valence-electron chi connectivity index (χ3n) is 3.11. The number of hydrogen-bond donors (Lipinski definition) is 1. The zero-order valence-electron chi connectivity index (χ0n) is 9.18. The number of nitrogens with one attached hydrogen (secondary N) is 1. The van der Waals surface area contributed by atoms with Gasteiger partial charge in [0.15, 0.2) is 5.15 Å². The number of hydrogen-bond acceptors (Lipinski definition) is 2. The van der Waals surface area contributed by atoms with Crippen LogP contribution >= 0.6 is 27.5 Å². The molecule has 1 aliphatic rings. The molecule has 1 aliphatic carbocycles. The van der Waals surface area contributed by atoms with Crippen LogP contribution in [0.25, 0.3) is 0 Å². The maximum absolute atomic E-state index is 6.02. The van der Waals surface area contributed by atoms with Crippen LogP contribution in [0, 0.1) is 5.92 Å². The monoisotopic (exact) mass is 302 g/mol. The lowest BCUT2D eigenvalue weighted by Gasteiger charge is -2.22. The van der Waals surface area contributed by atoms with E-state index in [1.54, 1.807) is 6.20 Å². The second kappa shape index (κ2) is 5.87. The van der Waals surface area contributed by atoms with Crippen molar-refractivity contribution < 1.29 is 0 Å². The van der Waals surface area contributed by atoms with Crippen LogP contribution in [0.1, 0.15) is 32.1 Å². The topological polar surface area (TPSA) is 24.9 Å². The Labute approximate surface area is 110 Å². The van der Waals surface area contributed by atoms with Gasteiger partial charge in [0.25, 0.3) is 0 Å². The summed E-state index contributed by atoms with van der Waals surface area (Å²) in [6, 6.07) is 1.98. The number of anilines is 1. The largest absolute Gasteiger partial charge is 0.382 e. The van der Waals surface area contributed by atoms with E-state index in [2.05, 4.69) is 26.2 Å². The molecule has 1 aromatic rings. The van der Waals surface area contributed by atoms with Crippen molar-refractivity contribution in [3.63, 3.8) is 0 Å². The molecule has 0 spiro atoms. The van der Waals surface area contributed by atoms with E-state index < -0.39 is 0 Å². The Bertz CT molecular complexity index is 351. The molecule has 0 unspecified atom stereocenters. The number of nitrogens with zero attached hydrogens (tertiary/aromatic N) is 1. The van der Waals surface area contributed by atoms with Crippen molar-refractivity contribution in [2.24, 2.45) is 5.92 Å². The molecular weight excluding hydrogens is 288 g/mol. The molecule has 2 rings (SSSR count). The maximum atomic E-state index is 6.02. The van der Waals surface area contributed by atoms with Crippen LogP contribution in [-0.4, -0.2) is 11.5 Å². The predicted molar refractivity (Wildman–Crippen MR) is 72.0 cm³/mol. The molecule has 0 radical (unpaired) electrons. The lowest BCUT2D eigenvalue weighted by Crippen LogP contribution is -2.17. The Morgan fingerprint density at radius 1 is 1.38 bits per heavy atom. The van der Waals surface area contributed by atoms with Gasteiger partial charge in [-0.15, -0.1) is 0 Å². The normalized spacial score (nSPS) is 17.4. The van der Waals surface area contributed by atoms with Crippen molar-refractivity contribution in [2.75, 3.05) is 11.9 Å². The van der Waals surface area contributed by atoms with Crippen LogP contribution in [-0.2, 0) is 0 Å². The number of aromatic nitrogens is 1. The average Bonchev–Trinajstić information content (AvgIpc) is 2.32. The Morgan fingerprint density at radius 2 is 2.12 bits per heavy atom. The van der Waals surface area contributed by atoms with Gasteiger partial charge < -0.3 is 5.32 Å². The molecule has 16 heavy (non-hydrogen) atoms. The molecule has 2 nitrogen and oxygen atoms in total. The highest BCUT2D eigenvalue weighted by Crippen LogP contribution is 2.26. The highest BCUT2D eigenvalue weighted by molar-refractivity contribution is 9.10. The first-order valence-corrected chi connectivity index (χ1v) is 6.98. The van der Waals surface area contributed by atoms with E-state index in [1.807, 2.05) is 6.07 Å². The van der Waals surface area contributed by atoms with Gasteiger partial charge in [-0.2, -0.15) is 0 Å². The minimum absolute atomic E-state index is 0.555. The summed E-state index contributed by atoms with van der Waals surface area (Å²) in [6.45, 7) is 1.01. The van der Waals surface area contributed by atoms with E-state index in [-0.39, 0.29) is 0 Å². The highest BCUT2D eigenvalue weighted by Gasteiger charge is 2.13. The number of rotatable bonds is 3. The predicted octanol–water partition coefficient (Wildman–Crippen LogP) is 4.49. The molecule has 0 aromatic carbocycles. The SMILES string of the molecule is Clc1ncc(Br)cc1NCC1CCCCC1. The molecular formula is C12H16BrClN2. The molecule has 0 atom stereocenters. The zero-order chi connectivity index (χ0) is 11.4. The number of halogens is 2. The third kappa shape index (κ3) is 3.36. The molecule has 0 aliphatic heterocycles. The van der Waals surface area contributed by atoms with E-state index in [4.69, 9.17) is 11.6 Å². The second-order valence-electron chi connectivity index (χ2n) is 4.38. The number of pyridine rings is 1. The molecule has 1 aromatic heterocycles. The fraction of sp³-hybridized carbons (Fsp3) is 0.583. The summed E-state index contributed by atoms with van der Waals surface area (Å²) in [5, 5.41) is 3.95. The summed E-state index contributed by atoms with van der Waals surface area (Å²) in [5.74, 6) is 0.795. The maximum Gasteiger partial charge on any atom is 0.152 e. The van der Waals surface area contributed by atoms with Crippen molar-refractivity contribution in [1.82, 2.24) is 4.98 Å². The Hall–Kier alpha value is -0.280. The summed E-state index contributed by atoms with van der Waals surface area (Å²) in [4.78, 5) is 4.10. The van der Waals surface area contributed by atoms with Gasteiger partial charge in [0.05, 0.1) is 5.69 Å². The van der Waals surface area contributed by atoms with Crippen molar-refractivity contribution in [3.05, 3.63) is 21.9 Å². The first kappa shape index (κ1) is 12.2. The van der Waals surface area contributed by atoms with Gasteiger partial charge in [-0.3, -0.25) is 0 Å². The molecule has 1 fully saturated rings. The van der Waals surface area contributed by atoms with Gasteiger partial charge in [0.1, 0.15) is 0 Å². The highest BCUT2D eigenvalue weighted by atomic mass is 79.9. The fourth-order valence-corrected chi connectivity index (χ4v) is 2.69. The zero-order valence-corrected chi connectivity index (χ0v) is 11.5. The lowest BCUT2D eigenvalue weighted by molar-refractivity contribution is 0.373. The van der Waals surface area contributed by atoms with E-state index in [1.165, 1.54) is 32.1 Å². The standard InChI is InChI=1S/C12H16BrClN2/c13-10-6-11(12(14)16-8-10)15-7-9-4-2-1-3-5-9/h6,8-9,15H,1-5,7H2. The molecule has 0 bridgehead atoms. The van der Waals surface area contributed by atoms with Crippen molar-refractivity contribution >= 4 is 33.2 Å². The van der Waals surface area contributed by atoms with Crippen LogP contribution in [0.5, 0.6) is 0 Å². The summed E-state index contributed by atoms with van der Waals surface area (Å²) in [6.07, 6.45) is 8.54. The molecule has 4 heteroatoms. The quantitative estimate of drug-likeness (QED) is 0.832. The van der Waals surface area contributed by atoms with Gasteiger partial charge >= 0.3 is 0 Å². The van der Waals surface area contributed by atoms with Gasteiger partial charge in [0.2, 0.25) is 0 Å². The molecule has 0 saturated heterocycles. The van der Waals surface area contributed by atoms with Crippen LogP contribution in [0.4, 0.5) is 5.69 Å². The average molecular weight is 304 g/mol. The Morgan fingerprint density at radius 3 is 2.88 bits per heavy atom. The van der Waals surface area contributed by atoms with Crippen molar-refractivity contribution in [2.45, 2.75) is 32.1 Å². The minimum atomic E-state index is 0.555. The summed E-state index contributed by atoms with van der Waals surface area (Å²) < 4.78 is 0.961. The molecule has 1 N–H and O–H groups in total. The minimum Gasteiger partial charge on any atom is -0.382 e. The van der Waals surface area contributed by atoms with Gasteiger partial charge in [-0.1, -0.05) is 30.9 Å². The van der Waals surface area contributed by atoms with Gasteiger partial charge in [0, 0.05) is 17.2 Å². The van der Waals surface area contributed by atoms with Crippen molar-refractivity contribution in [1.29, 1.82) is 0 Å². The van der Waals surface area contributed by atoms with Gasteiger partial charge in [-0.05, 0) is 40.8 Å². The summed E-state index contributed by atoms with van der Waals surface area (Å²) in [5.41, 5.74) is 0.932. The Balaban J connectivity index is 1.90. The van der Waals surface area contributed by atoms with E-state index >= 15 is 0 Å². The van der Waals surface area contributed by atoms with Crippen LogP contribution in [0.15, 0.2) is 16.7 Å². The lowest BCUT2D eigenvalue weighted by atomic mass is 9.89. The van der Waals surface area contributed by atoms with E-state index in [0.29, 0.717) is 5.15 Å². The fourth-order valence-electron chi connectivity index (χ4n) is 2.19. The van der Waals surface area contributed by atoms with Crippen LogP contribution < -0.4 is 5.32 Å². The summed E-state index contributed by atoms with van der Waals surface area (Å²) in [7, 11) is 0. The molecule has 0 amide bonds. The van der Waals surface area contributed by atoms with Crippen molar-refractivity contribution in [3.8, 4) is 0 Å². The van der Waals surface area contributed by atoms with Crippen LogP contribution in [0.2, 0.25) is 5.15 Å². The molecule has 88 valence electrons. The first-order chi connectivity index (χ1) is 7.75. The van der Waals surface area contributed by atoms with E-state index in [9.17, 15) is 0 Å². The smallest absolute Gasteiger partial charge is 0.152 e. The molecule has 1 saturated carbocycles. The Kier molecular flexibility index (Phi) is 4.47. The van der Waals surface area contributed by atoms with Gasteiger partial charge in [-0.25, -0.2) is 4.98 Å².